The molecule has 0 saturated heterocycles. The summed E-state index contributed by atoms with van der Waals surface area (Å²) in [7, 11) is -9.54. The van der Waals surface area contributed by atoms with Crippen molar-refractivity contribution in [3.8, 4) is 5.75 Å². The van der Waals surface area contributed by atoms with Crippen LogP contribution in [0.5, 0.6) is 5.75 Å². The Balaban J connectivity index is 2.18. The molecule has 17 heavy (non-hydrogen) atoms. The minimum absolute atomic E-state index is 0.229. The molecule has 0 N–H and O–H groups in total. The summed E-state index contributed by atoms with van der Waals surface area (Å²) in [5, 5.41) is 0. The zero-order valence-corrected chi connectivity index (χ0v) is 10.8. The van der Waals surface area contributed by atoms with E-state index in [-0.39, 0.29) is 5.75 Å². The van der Waals surface area contributed by atoms with Gasteiger partial charge >= 0.3 is 17.1 Å². The molecule has 1 aromatic rings. The first-order valence-corrected chi connectivity index (χ1v) is 7.82. The zero-order valence-electron chi connectivity index (χ0n) is 8.04. The molecule has 0 amide bonds. The zero-order chi connectivity index (χ0) is 12.4. The first-order chi connectivity index (χ1) is 8.09. The van der Waals surface area contributed by atoms with Crippen LogP contribution < -0.4 is 4.52 Å². The van der Waals surface area contributed by atoms with Crippen molar-refractivity contribution in [1.29, 1.82) is 0 Å². The summed E-state index contributed by atoms with van der Waals surface area (Å²) in [5.41, 5.74) is 0. The second-order valence-corrected chi connectivity index (χ2v) is 7.45. The van der Waals surface area contributed by atoms with Gasteiger partial charge in [-0.15, -0.1) is 8.96 Å². The van der Waals surface area contributed by atoms with Gasteiger partial charge in [-0.3, -0.25) is 0 Å². The second-order valence-electron chi connectivity index (χ2n) is 2.78. The van der Waals surface area contributed by atoms with Gasteiger partial charge in [0.05, 0.1) is 0 Å². The van der Waals surface area contributed by atoms with Gasteiger partial charge in [0.2, 0.25) is 8.09 Å². The third-order valence-corrected chi connectivity index (χ3v) is 6.50. The fourth-order valence-electron chi connectivity index (χ4n) is 0.993. The van der Waals surface area contributed by atoms with Crippen molar-refractivity contribution in [2.75, 3.05) is 0 Å². The highest BCUT2D eigenvalue weighted by Crippen LogP contribution is 2.72. The summed E-state index contributed by atoms with van der Waals surface area (Å²) < 4.78 is 58.6. The van der Waals surface area contributed by atoms with Crippen molar-refractivity contribution in [3.63, 3.8) is 0 Å². The summed E-state index contributed by atoms with van der Waals surface area (Å²) >= 11 is 0. The Hall–Kier alpha value is -0.250. The maximum Gasteiger partial charge on any atom is 0.323 e. The molecule has 1 aromatic carbocycles. The molecule has 94 valence electrons. The molecule has 1 aliphatic rings. The van der Waals surface area contributed by atoms with E-state index in [0.29, 0.717) is 0 Å². The van der Waals surface area contributed by atoms with Gasteiger partial charge in [0.25, 0.3) is 0 Å². The van der Waals surface area contributed by atoms with Gasteiger partial charge in [-0.25, -0.2) is 0 Å². The fourth-order valence-corrected chi connectivity index (χ4v) is 5.43. The lowest BCUT2D eigenvalue weighted by atomic mass is 10.3. The topological polar surface area (TPSA) is 28.1 Å². The lowest BCUT2D eigenvalue weighted by Gasteiger charge is -2.26. The van der Waals surface area contributed by atoms with E-state index in [1.165, 1.54) is 12.1 Å². The maximum absolute atomic E-state index is 13.2. The van der Waals surface area contributed by atoms with Crippen LogP contribution in [0, 0.1) is 0 Å². The average molecular weight is 305 g/mol. The lowest BCUT2D eigenvalue weighted by molar-refractivity contribution is 0.189. The predicted molar refractivity (Wildman–Crippen MR) is 59.8 cm³/mol. The summed E-state index contributed by atoms with van der Waals surface area (Å²) in [6.45, 7) is 0. The molecule has 11 heteroatoms. The van der Waals surface area contributed by atoms with Gasteiger partial charge in [-0.05, 0) is 21.5 Å². The molecule has 0 fully saturated rings. The van der Waals surface area contributed by atoms with E-state index in [2.05, 4.69) is 4.52 Å². The number of rotatable bonds is 2. The van der Waals surface area contributed by atoms with E-state index in [1.54, 1.807) is 18.2 Å². The third kappa shape index (κ3) is 2.95. The molecule has 3 atom stereocenters. The quantitative estimate of drug-likeness (QED) is 0.433. The molecule has 0 radical (unpaired) electrons. The molecule has 1 aliphatic heterocycles. The van der Waals surface area contributed by atoms with Crippen LogP contribution in [0.2, 0.25) is 0 Å². The van der Waals surface area contributed by atoms with Gasteiger partial charge in [0.1, 0.15) is 5.75 Å². The smallest absolute Gasteiger partial charge is 0.323 e. The van der Waals surface area contributed by atoms with Crippen LogP contribution in [-0.4, -0.2) is 9.33 Å². The molecular formula is C6H6F4N3OP3. The first kappa shape index (κ1) is 13.2. The minimum Gasteiger partial charge on any atom is -0.447 e. The van der Waals surface area contributed by atoms with E-state index in [9.17, 15) is 17.4 Å². The second kappa shape index (κ2) is 5.59. The van der Waals surface area contributed by atoms with Crippen molar-refractivity contribution in [2.24, 2.45) is 4.52 Å². The highest BCUT2D eigenvalue weighted by Gasteiger charge is 2.42. The van der Waals surface area contributed by atoms with Crippen molar-refractivity contribution >= 4 is 25.2 Å². The van der Waals surface area contributed by atoms with Crippen LogP contribution in [0.4, 0.5) is 17.4 Å². The molecule has 0 aliphatic carbocycles. The van der Waals surface area contributed by atoms with Crippen molar-refractivity contribution < 1.29 is 21.9 Å². The molecule has 4 nitrogen and oxygen atoms in total. The Morgan fingerprint density at radius 3 is 2.47 bits per heavy atom. The fraction of sp³-hybridized carbons (Fsp3) is 0. The molecule has 0 saturated carbocycles. The van der Waals surface area contributed by atoms with Crippen LogP contribution in [0.3, 0.4) is 0 Å². The van der Waals surface area contributed by atoms with Gasteiger partial charge in [0.15, 0.2) is 0 Å². The highest BCUT2D eigenvalue weighted by atomic mass is 31.3. The number of halogens is 4. The van der Waals surface area contributed by atoms with Gasteiger partial charge < -0.3 is 4.52 Å². The average Bonchev–Trinajstić information content (AvgIpc) is 2.35. The molecule has 1 heterocycles. The van der Waals surface area contributed by atoms with E-state index < -0.39 is 34.5 Å². The SMILES string of the molecule is FN1P(F)N=[PH](Oc2ccccc2)N(F)P1F. The van der Waals surface area contributed by atoms with E-state index in [4.69, 9.17) is 4.52 Å². The van der Waals surface area contributed by atoms with Crippen LogP contribution in [0.1, 0.15) is 0 Å². The molecule has 0 spiro atoms. The largest absolute Gasteiger partial charge is 0.447 e. The van der Waals surface area contributed by atoms with Crippen LogP contribution in [0.15, 0.2) is 34.8 Å². The maximum atomic E-state index is 13.2. The Morgan fingerprint density at radius 2 is 1.82 bits per heavy atom. The summed E-state index contributed by atoms with van der Waals surface area (Å²) in [6.07, 6.45) is 0. The molecule has 3 unspecified atom stereocenters. The predicted octanol–water partition coefficient (Wildman–Crippen LogP) is 5.07. The van der Waals surface area contributed by atoms with Crippen molar-refractivity contribution in [2.45, 2.75) is 0 Å². The number of benzene rings is 1. The van der Waals surface area contributed by atoms with Crippen LogP contribution in [0.25, 0.3) is 0 Å². The Morgan fingerprint density at radius 1 is 1.18 bits per heavy atom. The molecule has 0 bridgehead atoms. The standard InChI is InChI=1S/C6H6F4N3OP3/c7-12-15(9)11-17(13(8)16(12)10)14-6-4-2-1-3-5-6/h1-5,17H. The number of nitrogens with zero attached hydrogens (tertiary/aromatic N) is 3. The van der Waals surface area contributed by atoms with Gasteiger partial charge in [-0.2, -0.15) is 12.9 Å². The normalized spacial score (nSPS) is 30.9. The van der Waals surface area contributed by atoms with Gasteiger partial charge in [0, 0.05) is 0 Å². The first-order valence-electron chi connectivity index (χ1n) is 4.24. The Kier molecular flexibility index (Phi) is 4.34. The number of hydrogen-bond acceptors (Lipinski definition) is 4. The molecule has 0 aromatic heterocycles. The third-order valence-electron chi connectivity index (χ3n) is 1.70. The van der Waals surface area contributed by atoms with Gasteiger partial charge in [-0.1, -0.05) is 18.2 Å². The van der Waals surface area contributed by atoms with Crippen LogP contribution >= 0.6 is 25.2 Å². The van der Waals surface area contributed by atoms with E-state index >= 15 is 0 Å². The van der Waals surface area contributed by atoms with E-state index in [0.717, 1.165) is 0 Å². The minimum atomic E-state index is -3.48. The van der Waals surface area contributed by atoms with E-state index in [1.807, 2.05) is 0 Å². The molecule has 2 rings (SSSR count). The summed E-state index contributed by atoms with van der Waals surface area (Å²) in [6, 6.07) is 7.90. The number of para-hydroxylation sites is 1. The summed E-state index contributed by atoms with van der Waals surface area (Å²) in [4.78, 5) is 0. The Labute approximate surface area is 97.6 Å². The molecular weight excluding hydrogens is 299 g/mol. The van der Waals surface area contributed by atoms with Crippen molar-refractivity contribution in [1.82, 2.24) is 9.33 Å². The monoisotopic (exact) mass is 305 g/mol. The Bertz CT molecular complexity index is 424. The number of hydrogen-bond donors (Lipinski definition) is 0. The van der Waals surface area contributed by atoms with Crippen molar-refractivity contribution in [3.05, 3.63) is 30.3 Å². The summed E-state index contributed by atoms with van der Waals surface area (Å²) in [5.74, 6) is 0.229. The van der Waals surface area contributed by atoms with Crippen LogP contribution in [-0.2, 0) is 0 Å². The lowest BCUT2D eigenvalue weighted by Crippen LogP contribution is -2.09. The highest BCUT2D eigenvalue weighted by molar-refractivity contribution is 7.73.